The summed E-state index contributed by atoms with van der Waals surface area (Å²) < 4.78 is 24.7. The van der Waals surface area contributed by atoms with Crippen LogP contribution < -0.4 is 5.73 Å². The van der Waals surface area contributed by atoms with Crippen LogP contribution in [0, 0.1) is 0 Å². The normalized spacial score (nSPS) is 15.4. The molecule has 1 aromatic carbocycles. The van der Waals surface area contributed by atoms with E-state index in [-0.39, 0.29) is 5.75 Å². The van der Waals surface area contributed by atoms with E-state index in [1.165, 1.54) is 11.3 Å². The number of nitrogens with two attached hydrogens (primary N) is 1. The minimum atomic E-state index is -3.32. The zero-order valence-electron chi connectivity index (χ0n) is 11.0. The van der Waals surface area contributed by atoms with E-state index < -0.39 is 9.84 Å². The second-order valence-electron chi connectivity index (χ2n) is 4.97. The minimum Gasteiger partial charge on any atom is -0.326 e. The number of aromatic nitrogens is 1. The van der Waals surface area contributed by atoms with Crippen molar-refractivity contribution in [3.8, 4) is 0 Å². The van der Waals surface area contributed by atoms with Gasteiger partial charge in [0.2, 0.25) is 0 Å². The van der Waals surface area contributed by atoms with Crippen LogP contribution in [-0.4, -0.2) is 13.4 Å². The summed E-state index contributed by atoms with van der Waals surface area (Å²) in [6.07, 6.45) is 2.28. The molecule has 0 spiro atoms. The van der Waals surface area contributed by atoms with E-state index in [2.05, 4.69) is 4.98 Å². The molecule has 0 atom stereocenters. The molecule has 0 bridgehead atoms. The van der Waals surface area contributed by atoms with Gasteiger partial charge in [-0.1, -0.05) is 18.2 Å². The molecule has 1 heterocycles. The number of nitrogens with zero attached hydrogens (tertiary/aromatic N) is 1. The van der Waals surface area contributed by atoms with Gasteiger partial charge >= 0.3 is 0 Å². The molecular formula is C14H16N2O2S2. The molecule has 20 heavy (non-hydrogen) atoms. The second-order valence-corrected chi connectivity index (χ2v) is 8.12. The fraction of sp³-hybridized carbons (Fsp3) is 0.357. The summed E-state index contributed by atoms with van der Waals surface area (Å²) in [5.74, 6) is 0.458. The summed E-state index contributed by atoms with van der Waals surface area (Å²) in [6, 6.07) is 8.51. The van der Waals surface area contributed by atoms with Crippen molar-refractivity contribution < 1.29 is 8.42 Å². The van der Waals surface area contributed by atoms with E-state index in [0.717, 1.165) is 23.4 Å². The summed E-state index contributed by atoms with van der Waals surface area (Å²) in [5, 5.41) is 0.649. The number of sulfone groups is 1. The number of rotatable bonds is 5. The first-order chi connectivity index (χ1) is 9.60. The maximum atomic E-state index is 12.3. The first-order valence-electron chi connectivity index (χ1n) is 6.56. The van der Waals surface area contributed by atoms with Gasteiger partial charge < -0.3 is 5.73 Å². The predicted octanol–water partition coefficient (Wildman–Crippen LogP) is 2.45. The van der Waals surface area contributed by atoms with Gasteiger partial charge in [0.25, 0.3) is 0 Å². The van der Waals surface area contributed by atoms with E-state index >= 15 is 0 Å². The van der Waals surface area contributed by atoms with Crippen LogP contribution >= 0.6 is 11.3 Å². The maximum absolute atomic E-state index is 12.3. The SMILES string of the molecule is NCc1sc(CS(=O)(=O)c2ccccc2)nc1C1CC1. The van der Waals surface area contributed by atoms with Crippen LogP contribution in [0.25, 0.3) is 0 Å². The Morgan fingerprint density at radius 1 is 1.25 bits per heavy atom. The zero-order chi connectivity index (χ0) is 14.2. The topological polar surface area (TPSA) is 73.1 Å². The number of benzene rings is 1. The molecule has 0 amide bonds. The first-order valence-corrected chi connectivity index (χ1v) is 9.03. The van der Waals surface area contributed by atoms with Crippen molar-refractivity contribution in [2.24, 2.45) is 5.73 Å². The second kappa shape index (κ2) is 5.27. The van der Waals surface area contributed by atoms with E-state index in [9.17, 15) is 8.42 Å². The van der Waals surface area contributed by atoms with Crippen LogP contribution in [0.5, 0.6) is 0 Å². The third kappa shape index (κ3) is 2.77. The highest BCUT2D eigenvalue weighted by Gasteiger charge is 2.30. The molecule has 2 N–H and O–H groups in total. The Hall–Kier alpha value is -1.24. The lowest BCUT2D eigenvalue weighted by Gasteiger charge is -2.01. The Bertz CT molecular complexity index is 704. The highest BCUT2D eigenvalue weighted by atomic mass is 32.2. The van der Waals surface area contributed by atoms with Crippen LogP contribution in [-0.2, 0) is 22.1 Å². The van der Waals surface area contributed by atoms with Gasteiger partial charge in [0.15, 0.2) is 9.84 Å². The molecule has 106 valence electrons. The summed E-state index contributed by atoms with van der Waals surface area (Å²) in [7, 11) is -3.32. The van der Waals surface area contributed by atoms with Crippen molar-refractivity contribution in [3.63, 3.8) is 0 Å². The molecule has 0 unspecified atom stereocenters. The zero-order valence-corrected chi connectivity index (χ0v) is 12.6. The molecule has 2 aromatic rings. The Kier molecular flexibility index (Phi) is 3.62. The third-order valence-electron chi connectivity index (χ3n) is 3.34. The lowest BCUT2D eigenvalue weighted by atomic mass is 10.2. The number of thiazole rings is 1. The van der Waals surface area contributed by atoms with Gasteiger partial charge in [-0.3, -0.25) is 0 Å². The Labute approximate surface area is 122 Å². The van der Waals surface area contributed by atoms with Gasteiger partial charge in [0.1, 0.15) is 10.8 Å². The van der Waals surface area contributed by atoms with Crippen LogP contribution in [0.4, 0.5) is 0 Å². The van der Waals surface area contributed by atoms with Crippen LogP contribution in [0.1, 0.15) is 34.3 Å². The van der Waals surface area contributed by atoms with E-state index in [1.54, 1.807) is 30.3 Å². The monoisotopic (exact) mass is 308 g/mol. The van der Waals surface area contributed by atoms with E-state index in [4.69, 9.17) is 5.73 Å². The van der Waals surface area contributed by atoms with Gasteiger partial charge in [0.05, 0.1) is 10.6 Å². The summed E-state index contributed by atoms with van der Waals surface area (Å²) in [5.41, 5.74) is 6.75. The lowest BCUT2D eigenvalue weighted by Crippen LogP contribution is -2.04. The molecule has 1 aromatic heterocycles. The standard InChI is InChI=1S/C14H16N2O2S2/c15-8-12-14(10-6-7-10)16-13(19-12)9-20(17,18)11-4-2-1-3-5-11/h1-5,10H,6-9,15H2. The highest BCUT2D eigenvalue weighted by Crippen LogP contribution is 2.42. The van der Waals surface area contributed by atoms with Gasteiger partial charge in [-0.15, -0.1) is 11.3 Å². The number of hydrogen-bond donors (Lipinski definition) is 1. The molecule has 3 rings (SSSR count). The Morgan fingerprint density at radius 3 is 2.55 bits per heavy atom. The fourth-order valence-electron chi connectivity index (χ4n) is 2.17. The van der Waals surface area contributed by atoms with Crippen molar-refractivity contribution in [1.29, 1.82) is 0 Å². The van der Waals surface area contributed by atoms with E-state index in [0.29, 0.717) is 22.4 Å². The molecule has 0 radical (unpaired) electrons. The molecule has 1 fully saturated rings. The van der Waals surface area contributed by atoms with Gasteiger partial charge in [-0.2, -0.15) is 0 Å². The molecule has 4 nitrogen and oxygen atoms in total. The summed E-state index contributed by atoms with van der Waals surface area (Å²) >= 11 is 1.43. The minimum absolute atomic E-state index is 0.0403. The molecule has 1 saturated carbocycles. The molecule has 1 aliphatic carbocycles. The summed E-state index contributed by atoms with van der Waals surface area (Å²) in [6.45, 7) is 0.439. The molecule has 6 heteroatoms. The lowest BCUT2D eigenvalue weighted by molar-refractivity contribution is 0.595. The van der Waals surface area contributed by atoms with Gasteiger partial charge in [-0.05, 0) is 25.0 Å². The van der Waals surface area contributed by atoms with Gasteiger partial charge in [0, 0.05) is 17.3 Å². The van der Waals surface area contributed by atoms with E-state index in [1.807, 2.05) is 0 Å². The van der Waals surface area contributed by atoms with Crippen LogP contribution in [0.2, 0.25) is 0 Å². The van der Waals surface area contributed by atoms with Gasteiger partial charge in [-0.25, -0.2) is 13.4 Å². The molecule has 1 aliphatic rings. The van der Waals surface area contributed by atoms with Crippen molar-refractivity contribution in [2.45, 2.75) is 36.0 Å². The average Bonchev–Trinajstić information content (AvgIpc) is 3.21. The highest BCUT2D eigenvalue weighted by molar-refractivity contribution is 7.90. The van der Waals surface area contributed by atoms with Crippen molar-refractivity contribution >= 4 is 21.2 Å². The quantitative estimate of drug-likeness (QED) is 0.921. The number of hydrogen-bond acceptors (Lipinski definition) is 5. The van der Waals surface area contributed by atoms with Crippen molar-refractivity contribution in [2.75, 3.05) is 0 Å². The smallest absolute Gasteiger partial charge is 0.184 e. The van der Waals surface area contributed by atoms with Crippen molar-refractivity contribution in [1.82, 2.24) is 4.98 Å². The Balaban J connectivity index is 1.87. The summed E-state index contributed by atoms with van der Waals surface area (Å²) in [4.78, 5) is 5.89. The van der Waals surface area contributed by atoms with Crippen molar-refractivity contribution in [3.05, 3.63) is 45.9 Å². The fourth-order valence-corrected chi connectivity index (χ4v) is 4.83. The maximum Gasteiger partial charge on any atom is 0.184 e. The first kappa shape index (κ1) is 13.7. The Morgan fingerprint density at radius 2 is 1.95 bits per heavy atom. The average molecular weight is 308 g/mol. The molecule has 0 aliphatic heterocycles. The largest absolute Gasteiger partial charge is 0.326 e. The molecule has 0 saturated heterocycles. The molecular weight excluding hydrogens is 292 g/mol. The van der Waals surface area contributed by atoms with Crippen LogP contribution in [0.15, 0.2) is 35.2 Å². The third-order valence-corrected chi connectivity index (χ3v) is 6.26. The predicted molar refractivity (Wildman–Crippen MR) is 79.3 cm³/mol. The van der Waals surface area contributed by atoms with Crippen LogP contribution in [0.3, 0.4) is 0 Å².